The molecule has 0 saturated carbocycles. The third-order valence-electron chi connectivity index (χ3n) is 5.26. The van der Waals surface area contributed by atoms with Gasteiger partial charge in [-0.25, -0.2) is 0 Å². The van der Waals surface area contributed by atoms with Gasteiger partial charge in [0.25, 0.3) is 0 Å². The van der Waals surface area contributed by atoms with Crippen LogP contribution >= 0.6 is 23.2 Å². The molecule has 0 atom stereocenters. The number of pyridine rings is 1. The van der Waals surface area contributed by atoms with Crippen molar-refractivity contribution >= 4 is 34.9 Å². The summed E-state index contributed by atoms with van der Waals surface area (Å²) in [6.07, 6.45) is 1.84. The molecule has 1 aromatic carbocycles. The van der Waals surface area contributed by atoms with Crippen molar-refractivity contribution in [2.24, 2.45) is 0 Å². The zero-order valence-electron chi connectivity index (χ0n) is 15.8. The molecule has 0 radical (unpaired) electrons. The average Bonchev–Trinajstić information content (AvgIpc) is 3.16. The standard InChI is InChI=1S/C20H19Cl2N5O2/c1-13-6-17(2-3-23-13)27-11-20(12-27)10-26(4-5-28-20)19-24-18(25-29-19)14-7-15(21)9-16(22)8-14/h2-3,6-9H,4-5,10-12H2,1H3. The Balaban J connectivity index is 1.30. The number of ether oxygens (including phenoxy) is 1. The van der Waals surface area contributed by atoms with E-state index in [-0.39, 0.29) is 5.60 Å². The molecule has 2 fully saturated rings. The molecule has 7 nitrogen and oxygen atoms in total. The van der Waals surface area contributed by atoms with Crippen molar-refractivity contribution in [2.45, 2.75) is 12.5 Å². The number of rotatable bonds is 3. The second-order valence-electron chi connectivity index (χ2n) is 7.52. The lowest BCUT2D eigenvalue weighted by molar-refractivity contribution is -0.0746. The number of nitrogens with zero attached hydrogens (tertiary/aromatic N) is 5. The molecule has 0 N–H and O–H groups in total. The van der Waals surface area contributed by atoms with E-state index < -0.39 is 0 Å². The Morgan fingerprint density at radius 2 is 1.79 bits per heavy atom. The first-order chi connectivity index (χ1) is 14.0. The Morgan fingerprint density at radius 3 is 2.55 bits per heavy atom. The van der Waals surface area contributed by atoms with E-state index in [4.69, 9.17) is 32.5 Å². The van der Waals surface area contributed by atoms with Crippen molar-refractivity contribution in [1.29, 1.82) is 0 Å². The van der Waals surface area contributed by atoms with E-state index in [1.165, 1.54) is 5.69 Å². The zero-order chi connectivity index (χ0) is 20.0. The fraction of sp³-hybridized carbons (Fsp3) is 0.350. The van der Waals surface area contributed by atoms with Crippen LogP contribution in [0.25, 0.3) is 11.4 Å². The second kappa shape index (κ2) is 7.16. The summed E-state index contributed by atoms with van der Waals surface area (Å²) >= 11 is 12.2. The molecule has 2 aliphatic heterocycles. The number of hydrogen-bond donors (Lipinski definition) is 0. The van der Waals surface area contributed by atoms with Crippen LogP contribution < -0.4 is 9.80 Å². The van der Waals surface area contributed by atoms with E-state index in [0.717, 1.165) is 24.3 Å². The van der Waals surface area contributed by atoms with Gasteiger partial charge in [-0.1, -0.05) is 28.4 Å². The van der Waals surface area contributed by atoms with Gasteiger partial charge in [0, 0.05) is 39.7 Å². The number of aryl methyl sites for hydroxylation is 1. The molecule has 2 saturated heterocycles. The van der Waals surface area contributed by atoms with E-state index in [1.807, 2.05) is 19.2 Å². The highest BCUT2D eigenvalue weighted by atomic mass is 35.5. The summed E-state index contributed by atoms with van der Waals surface area (Å²) in [5.41, 5.74) is 2.67. The summed E-state index contributed by atoms with van der Waals surface area (Å²) in [5.74, 6) is 0.465. The summed E-state index contributed by atoms with van der Waals surface area (Å²) in [5, 5.41) is 5.17. The van der Waals surface area contributed by atoms with Gasteiger partial charge in [0.2, 0.25) is 5.82 Å². The molecule has 2 aliphatic rings. The average molecular weight is 432 g/mol. The van der Waals surface area contributed by atoms with Gasteiger partial charge < -0.3 is 19.1 Å². The molecule has 29 heavy (non-hydrogen) atoms. The van der Waals surface area contributed by atoms with Crippen molar-refractivity contribution < 1.29 is 9.26 Å². The van der Waals surface area contributed by atoms with Crippen LogP contribution in [0.15, 0.2) is 41.1 Å². The number of morpholine rings is 1. The van der Waals surface area contributed by atoms with E-state index in [9.17, 15) is 0 Å². The lowest BCUT2D eigenvalue weighted by Crippen LogP contribution is -2.70. The molecule has 0 unspecified atom stereocenters. The van der Waals surface area contributed by atoms with Crippen LogP contribution in [0.4, 0.5) is 11.7 Å². The molecule has 4 heterocycles. The van der Waals surface area contributed by atoms with Crippen molar-refractivity contribution in [2.75, 3.05) is 42.6 Å². The van der Waals surface area contributed by atoms with Gasteiger partial charge in [0.1, 0.15) is 5.60 Å². The third-order valence-corrected chi connectivity index (χ3v) is 5.69. The SMILES string of the molecule is Cc1cc(N2CC3(C2)CN(c2nc(-c4cc(Cl)cc(Cl)c4)no2)CCO3)ccn1. The minimum Gasteiger partial charge on any atom is -0.368 e. The number of hydrogen-bond acceptors (Lipinski definition) is 7. The first-order valence-corrected chi connectivity index (χ1v) is 10.1. The van der Waals surface area contributed by atoms with Gasteiger partial charge in [-0.05, 0) is 37.3 Å². The van der Waals surface area contributed by atoms with Gasteiger partial charge in [0.05, 0.1) is 26.2 Å². The van der Waals surface area contributed by atoms with Crippen LogP contribution in [-0.4, -0.2) is 53.5 Å². The monoisotopic (exact) mass is 431 g/mol. The molecule has 0 amide bonds. The number of benzene rings is 1. The molecule has 150 valence electrons. The Bertz CT molecular complexity index is 1030. The predicted octanol–water partition coefficient (Wildman–Crippen LogP) is 3.84. The Kier molecular flexibility index (Phi) is 4.61. The summed E-state index contributed by atoms with van der Waals surface area (Å²) in [4.78, 5) is 13.2. The van der Waals surface area contributed by atoms with Crippen molar-refractivity contribution in [3.63, 3.8) is 0 Å². The van der Waals surface area contributed by atoms with Crippen LogP contribution in [0.3, 0.4) is 0 Å². The molecule has 0 aliphatic carbocycles. The normalized spacial score (nSPS) is 18.2. The number of aromatic nitrogens is 3. The molecule has 0 bridgehead atoms. The molecular weight excluding hydrogens is 413 g/mol. The topological polar surface area (TPSA) is 67.5 Å². The summed E-state index contributed by atoms with van der Waals surface area (Å²) in [6, 6.07) is 9.81. The predicted molar refractivity (Wildman–Crippen MR) is 112 cm³/mol. The highest BCUT2D eigenvalue weighted by molar-refractivity contribution is 6.35. The lowest BCUT2D eigenvalue weighted by Gasteiger charge is -2.54. The van der Waals surface area contributed by atoms with Gasteiger partial charge >= 0.3 is 6.01 Å². The van der Waals surface area contributed by atoms with E-state index in [1.54, 1.807) is 18.2 Å². The zero-order valence-corrected chi connectivity index (χ0v) is 17.3. The van der Waals surface area contributed by atoms with Crippen molar-refractivity contribution in [1.82, 2.24) is 15.1 Å². The molecule has 3 aromatic rings. The van der Waals surface area contributed by atoms with Crippen LogP contribution in [0.5, 0.6) is 0 Å². The molecule has 2 aromatic heterocycles. The first kappa shape index (κ1) is 18.7. The van der Waals surface area contributed by atoms with E-state index in [2.05, 4.69) is 31.0 Å². The molecule has 1 spiro atoms. The molecule has 5 rings (SSSR count). The minimum atomic E-state index is -0.233. The number of halogens is 2. The second-order valence-corrected chi connectivity index (χ2v) is 8.40. The van der Waals surface area contributed by atoms with Gasteiger partial charge in [-0.3, -0.25) is 4.98 Å². The van der Waals surface area contributed by atoms with Crippen LogP contribution in [-0.2, 0) is 4.74 Å². The Morgan fingerprint density at radius 1 is 1.03 bits per heavy atom. The van der Waals surface area contributed by atoms with Gasteiger partial charge in [0.15, 0.2) is 0 Å². The summed E-state index contributed by atoms with van der Waals surface area (Å²) in [6.45, 7) is 5.65. The van der Waals surface area contributed by atoms with E-state index >= 15 is 0 Å². The highest BCUT2D eigenvalue weighted by Gasteiger charge is 2.48. The smallest absolute Gasteiger partial charge is 0.324 e. The highest BCUT2D eigenvalue weighted by Crippen LogP contribution is 2.35. The Labute approximate surface area is 178 Å². The van der Waals surface area contributed by atoms with Crippen LogP contribution in [0.2, 0.25) is 10.0 Å². The molecule has 9 heteroatoms. The fourth-order valence-electron chi connectivity index (χ4n) is 3.90. The maximum atomic E-state index is 6.13. The number of anilines is 2. The minimum absolute atomic E-state index is 0.233. The van der Waals surface area contributed by atoms with E-state index in [0.29, 0.717) is 41.6 Å². The molecular formula is C20H19Cl2N5O2. The maximum absolute atomic E-state index is 6.13. The van der Waals surface area contributed by atoms with Crippen LogP contribution in [0, 0.1) is 6.92 Å². The quantitative estimate of drug-likeness (QED) is 0.623. The summed E-state index contributed by atoms with van der Waals surface area (Å²) in [7, 11) is 0. The third kappa shape index (κ3) is 3.66. The van der Waals surface area contributed by atoms with Gasteiger partial charge in [-0.15, -0.1) is 0 Å². The van der Waals surface area contributed by atoms with Crippen molar-refractivity contribution in [3.05, 3.63) is 52.3 Å². The fourth-order valence-corrected chi connectivity index (χ4v) is 4.43. The van der Waals surface area contributed by atoms with Crippen LogP contribution in [0.1, 0.15) is 5.69 Å². The maximum Gasteiger partial charge on any atom is 0.324 e. The largest absolute Gasteiger partial charge is 0.368 e. The lowest BCUT2D eigenvalue weighted by atomic mass is 9.91. The Hall–Kier alpha value is -2.35. The van der Waals surface area contributed by atoms with Gasteiger partial charge in [-0.2, -0.15) is 4.98 Å². The van der Waals surface area contributed by atoms with Crippen molar-refractivity contribution in [3.8, 4) is 11.4 Å². The summed E-state index contributed by atoms with van der Waals surface area (Å²) < 4.78 is 11.7. The first-order valence-electron chi connectivity index (χ1n) is 9.36.